The number of aliphatic hydroxyl groups is 1. The highest BCUT2D eigenvalue weighted by atomic mass is 19.4. The molecule has 0 aliphatic carbocycles. The molecule has 0 saturated carbocycles. The van der Waals surface area contributed by atoms with Gasteiger partial charge in [-0.3, -0.25) is 0 Å². The van der Waals surface area contributed by atoms with E-state index < -0.39 is 17.8 Å². The van der Waals surface area contributed by atoms with Crippen molar-refractivity contribution in [2.45, 2.75) is 12.3 Å². The highest BCUT2D eigenvalue weighted by Gasteiger charge is 2.31. The van der Waals surface area contributed by atoms with Crippen LogP contribution in [-0.2, 0) is 10.9 Å². The molecule has 18 heavy (non-hydrogen) atoms. The molecule has 0 spiro atoms. The number of halogens is 3. The molecular weight excluding hydrogens is 249 g/mol. The Bertz CT molecular complexity index is 385. The molecular formula is C11H15F3N2O2. The molecule has 0 amide bonds. The summed E-state index contributed by atoms with van der Waals surface area (Å²) < 4.78 is 42.2. The molecule has 1 aromatic heterocycles. The molecule has 7 heteroatoms. The van der Waals surface area contributed by atoms with Gasteiger partial charge in [-0.25, -0.2) is 4.98 Å². The minimum absolute atomic E-state index is 0.114. The SMILES string of the molecule is COCC(O)CN(C)c1cc(C(F)(F)F)ccn1. The fourth-order valence-corrected chi connectivity index (χ4v) is 1.46. The van der Waals surface area contributed by atoms with E-state index in [-0.39, 0.29) is 19.0 Å². The van der Waals surface area contributed by atoms with E-state index in [1.165, 1.54) is 12.0 Å². The third-order valence-corrected chi connectivity index (χ3v) is 2.31. The number of ether oxygens (including phenoxy) is 1. The molecule has 1 N–H and O–H groups in total. The number of alkyl halides is 3. The number of nitrogens with zero attached hydrogens (tertiary/aromatic N) is 2. The molecule has 1 atom stereocenters. The van der Waals surface area contributed by atoms with Gasteiger partial charge in [0.25, 0.3) is 0 Å². The van der Waals surface area contributed by atoms with Gasteiger partial charge in [-0.2, -0.15) is 13.2 Å². The van der Waals surface area contributed by atoms with Crippen molar-refractivity contribution in [3.05, 3.63) is 23.9 Å². The van der Waals surface area contributed by atoms with E-state index in [9.17, 15) is 18.3 Å². The number of pyridine rings is 1. The Balaban J connectivity index is 2.77. The van der Waals surface area contributed by atoms with Crippen molar-refractivity contribution in [3.63, 3.8) is 0 Å². The zero-order chi connectivity index (χ0) is 13.8. The summed E-state index contributed by atoms with van der Waals surface area (Å²) in [4.78, 5) is 5.28. The van der Waals surface area contributed by atoms with Crippen molar-refractivity contribution in [2.24, 2.45) is 0 Å². The second-order valence-electron chi connectivity index (χ2n) is 3.89. The fourth-order valence-electron chi connectivity index (χ4n) is 1.46. The molecule has 1 rings (SSSR count). The quantitative estimate of drug-likeness (QED) is 0.876. The monoisotopic (exact) mass is 264 g/mol. The Morgan fingerprint density at radius 1 is 1.50 bits per heavy atom. The van der Waals surface area contributed by atoms with E-state index in [0.29, 0.717) is 0 Å². The van der Waals surface area contributed by atoms with Crippen LogP contribution in [0.1, 0.15) is 5.56 Å². The summed E-state index contributed by atoms with van der Waals surface area (Å²) >= 11 is 0. The number of rotatable bonds is 5. The number of methoxy groups -OCH3 is 1. The molecule has 0 bridgehead atoms. The number of aliphatic hydroxyl groups excluding tert-OH is 1. The van der Waals surface area contributed by atoms with E-state index >= 15 is 0 Å². The van der Waals surface area contributed by atoms with Crippen LogP contribution in [0.5, 0.6) is 0 Å². The van der Waals surface area contributed by atoms with E-state index in [4.69, 9.17) is 4.74 Å². The second-order valence-corrected chi connectivity index (χ2v) is 3.89. The van der Waals surface area contributed by atoms with E-state index in [1.807, 2.05) is 0 Å². The second kappa shape index (κ2) is 6.01. The van der Waals surface area contributed by atoms with Gasteiger partial charge in [0.2, 0.25) is 0 Å². The molecule has 1 aromatic rings. The summed E-state index contributed by atoms with van der Waals surface area (Å²) in [5.74, 6) is 0.153. The Labute approximate surface area is 103 Å². The van der Waals surface area contributed by atoms with Crippen LogP contribution in [-0.4, -0.2) is 43.5 Å². The van der Waals surface area contributed by atoms with Gasteiger partial charge in [0.1, 0.15) is 5.82 Å². The predicted molar refractivity (Wildman–Crippen MR) is 60.4 cm³/mol. The molecule has 0 aliphatic heterocycles. The summed E-state index contributed by atoms with van der Waals surface area (Å²) in [5, 5.41) is 9.49. The zero-order valence-electron chi connectivity index (χ0n) is 10.1. The molecule has 1 heterocycles. The maximum atomic E-state index is 12.5. The van der Waals surface area contributed by atoms with Gasteiger partial charge in [-0.1, -0.05) is 0 Å². The Hall–Kier alpha value is -1.34. The molecule has 0 radical (unpaired) electrons. The number of anilines is 1. The minimum atomic E-state index is -4.40. The molecule has 0 aliphatic rings. The van der Waals surface area contributed by atoms with Gasteiger partial charge in [-0.05, 0) is 12.1 Å². The highest BCUT2D eigenvalue weighted by Crippen LogP contribution is 2.30. The number of hydrogen-bond acceptors (Lipinski definition) is 4. The summed E-state index contributed by atoms with van der Waals surface area (Å²) in [7, 11) is 2.99. The Morgan fingerprint density at radius 2 is 2.17 bits per heavy atom. The number of hydrogen-bond donors (Lipinski definition) is 1. The van der Waals surface area contributed by atoms with Crippen LogP contribution in [0.4, 0.5) is 19.0 Å². The first-order chi connectivity index (χ1) is 8.34. The summed E-state index contributed by atoms with van der Waals surface area (Å²) in [6.45, 7) is 0.255. The van der Waals surface area contributed by atoms with Crippen LogP contribution < -0.4 is 4.90 Å². The van der Waals surface area contributed by atoms with Crippen molar-refractivity contribution in [3.8, 4) is 0 Å². The van der Waals surface area contributed by atoms with Crippen LogP contribution in [0, 0.1) is 0 Å². The van der Waals surface area contributed by atoms with E-state index in [2.05, 4.69) is 4.98 Å². The predicted octanol–water partition coefficient (Wildman–Crippen LogP) is 1.54. The molecule has 0 saturated heterocycles. The van der Waals surface area contributed by atoms with Gasteiger partial charge < -0.3 is 14.7 Å². The van der Waals surface area contributed by atoms with Crippen molar-refractivity contribution >= 4 is 5.82 Å². The van der Waals surface area contributed by atoms with Crippen LogP contribution in [0.15, 0.2) is 18.3 Å². The van der Waals surface area contributed by atoms with Gasteiger partial charge >= 0.3 is 6.18 Å². The molecule has 102 valence electrons. The van der Waals surface area contributed by atoms with Crippen molar-refractivity contribution < 1.29 is 23.0 Å². The maximum Gasteiger partial charge on any atom is 0.416 e. The van der Waals surface area contributed by atoms with E-state index in [1.54, 1.807) is 7.05 Å². The lowest BCUT2D eigenvalue weighted by atomic mass is 10.2. The van der Waals surface area contributed by atoms with Gasteiger partial charge in [0.15, 0.2) is 0 Å². The number of aromatic nitrogens is 1. The fraction of sp³-hybridized carbons (Fsp3) is 0.545. The first-order valence-electron chi connectivity index (χ1n) is 5.26. The maximum absolute atomic E-state index is 12.5. The molecule has 1 unspecified atom stereocenters. The summed E-state index contributed by atoms with van der Waals surface area (Å²) in [6, 6.07) is 1.85. The highest BCUT2D eigenvalue weighted by molar-refractivity contribution is 5.41. The zero-order valence-corrected chi connectivity index (χ0v) is 10.1. The third-order valence-electron chi connectivity index (χ3n) is 2.31. The number of likely N-dealkylation sites (N-methyl/N-ethyl adjacent to an activating group) is 1. The van der Waals surface area contributed by atoms with Crippen molar-refractivity contribution in [1.82, 2.24) is 4.98 Å². The normalized spacial score (nSPS) is 13.4. The molecule has 4 nitrogen and oxygen atoms in total. The summed E-state index contributed by atoms with van der Waals surface area (Å²) in [6.07, 6.45) is -4.09. The third kappa shape index (κ3) is 4.15. The first-order valence-corrected chi connectivity index (χ1v) is 5.26. The van der Waals surface area contributed by atoms with Crippen LogP contribution in [0.2, 0.25) is 0 Å². The van der Waals surface area contributed by atoms with E-state index in [0.717, 1.165) is 18.3 Å². The minimum Gasteiger partial charge on any atom is -0.389 e. The lowest BCUT2D eigenvalue weighted by molar-refractivity contribution is -0.137. The largest absolute Gasteiger partial charge is 0.416 e. The van der Waals surface area contributed by atoms with Crippen LogP contribution >= 0.6 is 0 Å². The van der Waals surface area contributed by atoms with Gasteiger partial charge in [0, 0.05) is 26.9 Å². The van der Waals surface area contributed by atoms with Crippen LogP contribution in [0.25, 0.3) is 0 Å². The van der Waals surface area contributed by atoms with Crippen LogP contribution in [0.3, 0.4) is 0 Å². The first kappa shape index (κ1) is 14.7. The lowest BCUT2D eigenvalue weighted by Gasteiger charge is -2.22. The average Bonchev–Trinajstić information content (AvgIpc) is 2.28. The lowest BCUT2D eigenvalue weighted by Crippen LogP contribution is -2.32. The molecule has 0 fully saturated rings. The standard InChI is InChI=1S/C11H15F3N2O2/c1-16(6-9(17)7-18-2)10-5-8(3-4-15-10)11(12,13)14/h3-5,9,17H,6-7H2,1-2H3. The molecule has 0 aromatic carbocycles. The van der Waals surface area contributed by atoms with Gasteiger partial charge in [-0.15, -0.1) is 0 Å². The average molecular weight is 264 g/mol. The Morgan fingerprint density at radius 3 is 2.72 bits per heavy atom. The smallest absolute Gasteiger partial charge is 0.389 e. The Kier molecular flexibility index (Phi) is 4.92. The van der Waals surface area contributed by atoms with Crippen molar-refractivity contribution in [2.75, 3.05) is 32.2 Å². The van der Waals surface area contributed by atoms with Crippen molar-refractivity contribution in [1.29, 1.82) is 0 Å². The summed E-state index contributed by atoms with van der Waals surface area (Å²) in [5.41, 5.74) is -0.763. The topological polar surface area (TPSA) is 45.6 Å². The van der Waals surface area contributed by atoms with Gasteiger partial charge in [0.05, 0.1) is 18.3 Å².